The summed E-state index contributed by atoms with van der Waals surface area (Å²) in [5.74, 6) is 2.21. The molecule has 0 spiro atoms. The van der Waals surface area contributed by atoms with Crippen LogP contribution in [0.5, 0.6) is 0 Å². The first-order chi connectivity index (χ1) is 8.50. The maximum absolute atomic E-state index is 13.1. The highest BCUT2D eigenvalue weighted by Gasteiger charge is 2.38. The van der Waals surface area contributed by atoms with E-state index in [2.05, 4.69) is 5.92 Å². The van der Waals surface area contributed by atoms with Crippen LogP contribution in [0.2, 0.25) is 0 Å². The van der Waals surface area contributed by atoms with Gasteiger partial charge in [0.2, 0.25) is 0 Å². The van der Waals surface area contributed by atoms with Crippen LogP contribution in [-0.2, 0) is 19.3 Å². The van der Waals surface area contributed by atoms with Crippen molar-refractivity contribution in [2.24, 2.45) is 0 Å². The molecule has 0 saturated heterocycles. The van der Waals surface area contributed by atoms with E-state index in [1.807, 2.05) is 0 Å². The van der Waals surface area contributed by atoms with E-state index in [0.717, 1.165) is 4.57 Å². The third-order valence-electron chi connectivity index (χ3n) is 2.75. The quantitative estimate of drug-likeness (QED) is 0.818. The Morgan fingerprint density at radius 1 is 1.28 bits per heavy atom. The molecule has 0 saturated carbocycles. The molecule has 0 aliphatic carbocycles. The number of rotatable bonds is 2. The van der Waals surface area contributed by atoms with E-state index in [0.29, 0.717) is 10.9 Å². The van der Waals surface area contributed by atoms with Crippen LogP contribution >= 0.6 is 0 Å². The molecule has 5 heteroatoms. The van der Waals surface area contributed by atoms with E-state index >= 15 is 0 Å². The largest absolute Gasteiger partial charge is 0.431 e. The van der Waals surface area contributed by atoms with Crippen LogP contribution in [0, 0.1) is 12.3 Å². The highest BCUT2D eigenvalue weighted by atomic mass is 19.4. The monoisotopic (exact) mass is 253 g/mol. The number of aliphatic hydroxyl groups is 1. The van der Waals surface area contributed by atoms with Gasteiger partial charge < -0.3 is 9.67 Å². The fraction of sp³-hybridized carbons (Fsp3) is 0.231. The Kier molecular flexibility index (Phi) is 3.05. The van der Waals surface area contributed by atoms with Crippen molar-refractivity contribution >= 4 is 10.9 Å². The van der Waals surface area contributed by atoms with Gasteiger partial charge >= 0.3 is 6.18 Å². The lowest BCUT2D eigenvalue weighted by atomic mass is 10.1. The Morgan fingerprint density at radius 2 is 1.94 bits per heavy atom. The zero-order valence-corrected chi connectivity index (χ0v) is 9.33. The van der Waals surface area contributed by atoms with Crippen LogP contribution in [0.15, 0.2) is 24.3 Å². The van der Waals surface area contributed by atoms with Crippen molar-refractivity contribution in [1.29, 1.82) is 0 Å². The molecule has 1 N–H and O–H groups in total. The predicted molar refractivity (Wildman–Crippen MR) is 61.7 cm³/mol. The van der Waals surface area contributed by atoms with E-state index < -0.39 is 18.5 Å². The minimum absolute atomic E-state index is 0.131. The Hall–Kier alpha value is -1.93. The third-order valence-corrected chi connectivity index (χ3v) is 2.75. The molecule has 1 heterocycles. The lowest BCUT2D eigenvalue weighted by Crippen LogP contribution is -2.15. The zero-order chi connectivity index (χ0) is 13.3. The molecule has 0 aliphatic rings. The normalized spacial score (nSPS) is 11.7. The topological polar surface area (TPSA) is 25.2 Å². The minimum Gasteiger partial charge on any atom is -0.392 e. The third kappa shape index (κ3) is 1.85. The molecule has 0 bridgehead atoms. The van der Waals surface area contributed by atoms with E-state index in [-0.39, 0.29) is 12.1 Å². The maximum Gasteiger partial charge on any atom is 0.431 e. The van der Waals surface area contributed by atoms with Crippen LogP contribution in [-0.4, -0.2) is 9.67 Å². The molecule has 0 fully saturated rings. The summed E-state index contributed by atoms with van der Waals surface area (Å²) in [6.45, 7) is -0.859. The standard InChI is InChI=1S/C13H10F3NO/c1-2-7-17-11-6-4-3-5-9(11)10(8-18)12(17)13(14,15)16/h1,3-6,18H,7-8H2. The van der Waals surface area contributed by atoms with Crippen molar-refractivity contribution in [3.63, 3.8) is 0 Å². The van der Waals surface area contributed by atoms with Gasteiger partial charge in [0, 0.05) is 16.5 Å². The lowest BCUT2D eigenvalue weighted by molar-refractivity contribution is -0.144. The van der Waals surface area contributed by atoms with Crippen LogP contribution in [0.25, 0.3) is 10.9 Å². The molecular weight excluding hydrogens is 243 g/mol. The van der Waals surface area contributed by atoms with Crippen molar-refractivity contribution in [2.75, 3.05) is 0 Å². The smallest absolute Gasteiger partial charge is 0.392 e. The molecule has 1 aromatic heterocycles. The van der Waals surface area contributed by atoms with Crippen LogP contribution in [0.1, 0.15) is 11.3 Å². The summed E-state index contributed by atoms with van der Waals surface area (Å²) in [4.78, 5) is 0. The Morgan fingerprint density at radius 3 is 2.50 bits per heavy atom. The zero-order valence-electron chi connectivity index (χ0n) is 9.33. The molecule has 0 atom stereocenters. The van der Waals surface area contributed by atoms with Gasteiger partial charge in [0.1, 0.15) is 5.69 Å². The van der Waals surface area contributed by atoms with Gasteiger partial charge in [-0.25, -0.2) is 0 Å². The first kappa shape index (κ1) is 12.5. The van der Waals surface area contributed by atoms with Gasteiger partial charge in [-0.2, -0.15) is 13.2 Å². The summed E-state index contributed by atoms with van der Waals surface area (Å²) < 4.78 is 40.2. The second kappa shape index (κ2) is 4.39. The predicted octanol–water partition coefficient (Wildman–Crippen LogP) is 2.79. The van der Waals surface area contributed by atoms with Gasteiger partial charge in [0.05, 0.1) is 13.2 Å². The van der Waals surface area contributed by atoms with Crippen LogP contribution < -0.4 is 0 Å². The molecule has 0 aliphatic heterocycles. The van der Waals surface area contributed by atoms with E-state index in [4.69, 9.17) is 6.42 Å². The van der Waals surface area contributed by atoms with E-state index in [1.54, 1.807) is 24.3 Å². The van der Waals surface area contributed by atoms with Crippen molar-refractivity contribution < 1.29 is 18.3 Å². The van der Waals surface area contributed by atoms with Gasteiger partial charge in [-0.1, -0.05) is 24.1 Å². The van der Waals surface area contributed by atoms with Gasteiger partial charge in [-0.3, -0.25) is 0 Å². The number of terminal acetylenes is 1. The molecule has 1 aromatic carbocycles. The number of aliphatic hydroxyl groups excluding tert-OH is 1. The van der Waals surface area contributed by atoms with Gasteiger partial charge in [-0.15, -0.1) is 6.42 Å². The molecule has 0 unspecified atom stereocenters. The van der Waals surface area contributed by atoms with E-state index in [9.17, 15) is 18.3 Å². The average Bonchev–Trinajstić information content (AvgIpc) is 2.64. The van der Waals surface area contributed by atoms with Gasteiger partial charge in [-0.05, 0) is 6.07 Å². The number of halogens is 3. The number of aromatic nitrogens is 1. The van der Waals surface area contributed by atoms with Crippen molar-refractivity contribution in [1.82, 2.24) is 4.57 Å². The minimum atomic E-state index is -4.55. The van der Waals surface area contributed by atoms with Crippen LogP contribution in [0.4, 0.5) is 13.2 Å². The number of alkyl halides is 3. The summed E-state index contributed by atoms with van der Waals surface area (Å²) in [5.41, 5.74) is -0.621. The van der Waals surface area contributed by atoms with Crippen LogP contribution in [0.3, 0.4) is 0 Å². The molecule has 2 aromatic rings. The lowest BCUT2D eigenvalue weighted by Gasteiger charge is -2.12. The first-order valence-electron chi connectivity index (χ1n) is 5.22. The average molecular weight is 253 g/mol. The molecule has 0 radical (unpaired) electrons. The summed E-state index contributed by atoms with van der Waals surface area (Å²) in [6, 6.07) is 6.36. The SMILES string of the molecule is C#CCn1c(C(F)(F)F)c(CO)c2ccccc21. The Labute approximate surface area is 102 Å². The molecular formula is C13H10F3NO. The van der Waals surface area contributed by atoms with Gasteiger partial charge in [0.15, 0.2) is 0 Å². The second-order valence-corrected chi connectivity index (χ2v) is 3.79. The molecule has 18 heavy (non-hydrogen) atoms. The molecule has 0 amide bonds. The Balaban J connectivity index is 2.88. The summed E-state index contributed by atoms with van der Waals surface area (Å²) in [6.07, 6.45) is 0.566. The second-order valence-electron chi connectivity index (χ2n) is 3.79. The summed E-state index contributed by atoms with van der Waals surface area (Å²) in [7, 11) is 0. The van der Waals surface area contributed by atoms with Crippen molar-refractivity contribution in [3.8, 4) is 12.3 Å². The highest BCUT2D eigenvalue weighted by molar-refractivity contribution is 5.85. The van der Waals surface area contributed by atoms with Crippen molar-refractivity contribution in [3.05, 3.63) is 35.5 Å². The highest BCUT2D eigenvalue weighted by Crippen LogP contribution is 2.38. The van der Waals surface area contributed by atoms with Gasteiger partial charge in [0.25, 0.3) is 0 Å². The molecule has 2 nitrogen and oxygen atoms in total. The maximum atomic E-state index is 13.1. The number of hydrogen-bond acceptors (Lipinski definition) is 1. The Bertz CT molecular complexity index is 619. The first-order valence-corrected chi connectivity index (χ1v) is 5.22. The number of fused-ring (bicyclic) bond motifs is 1. The van der Waals surface area contributed by atoms with Crippen molar-refractivity contribution in [2.45, 2.75) is 19.3 Å². The number of nitrogens with zero attached hydrogens (tertiary/aromatic N) is 1. The number of benzene rings is 1. The number of para-hydroxylation sites is 1. The fourth-order valence-electron chi connectivity index (χ4n) is 2.11. The molecule has 2 rings (SSSR count). The molecule has 94 valence electrons. The van der Waals surface area contributed by atoms with E-state index in [1.165, 1.54) is 0 Å². The number of hydrogen-bond donors (Lipinski definition) is 1. The summed E-state index contributed by atoms with van der Waals surface area (Å²) >= 11 is 0. The summed E-state index contributed by atoms with van der Waals surface area (Å²) in [5, 5.41) is 9.57. The fourth-order valence-corrected chi connectivity index (χ4v) is 2.11.